The van der Waals surface area contributed by atoms with Crippen molar-refractivity contribution in [1.82, 2.24) is 4.90 Å². The number of ether oxygens (including phenoxy) is 1. The van der Waals surface area contributed by atoms with Crippen LogP contribution in [0, 0.1) is 10.1 Å². The molecule has 28 heavy (non-hydrogen) atoms. The van der Waals surface area contributed by atoms with Gasteiger partial charge in [0.05, 0.1) is 23.7 Å². The molecule has 1 aliphatic heterocycles. The molecule has 148 valence electrons. The van der Waals surface area contributed by atoms with Crippen molar-refractivity contribution in [1.29, 1.82) is 0 Å². The van der Waals surface area contributed by atoms with Crippen LogP contribution in [0.2, 0.25) is 0 Å². The number of carbonyl (C=O) groups is 1. The van der Waals surface area contributed by atoms with Gasteiger partial charge in [0, 0.05) is 32.3 Å². The van der Waals surface area contributed by atoms with Gasteiger partial charge in [0.1, 0.15) is 17.5 Å². The zero-order valence-corrected chi connectivity index (χ0v) is 16.2. The second-order valence-electron chi connectivity index (χ2n) is 6.67. The number of benzene rings is 2. The van der Waals surface area contributed by atoms with E-state index in [2.05, 4.69) is 17.1 Å². The van der Waals surface area contributed by atoms with Gasteiger partial charge >= 0.3 is 0 Å². The van der Waals surface area contributed by atoms with Crippen LogP contribution in [0.3, 0.4) is 0 Å². The second kappa shape index (κ2) is 8.16. The summed E-state index contributed by atoms with van der Waals surface area (Å²) in [5.41, 5.74) is 1.57. The maximum absolute atomic E-state index is 12.8. The van der Waals surface area contributed by atoms with Crippen molar-refractivity contribution in [3.8, 4) is 5.75 Å². The summed E-state index contributed by atoms with van der Waals surface area (Å²) in [6.45, 7) is 3.97. The maximum atomic E-state index is 12.8. The molecule has 0 fully saturated rings. The van der Waals surface area contributed by atoms with Gasteiger partial charge in [-0.15, -0.1) is 0 Å². The lowest BCUT2D eigenvalue weighted by Crippen LogP contribution is -2.46. The quantitative estimate of drug-likeness (QED) is 0.608. The number of nitro groups is 1. The Labute approximate surface area is 163 Å². The lowest BCUT2D eigenvalue weighted by atomic mass is 10.1. The highest BCUT2D eigenvalue weighted by Gasteiger charge is 2.27. The number of nitrogens with zero attached hydrogens (tertiary/aromatic N) is 3. The Bertz CT molecular complexity index is 886. The average Bonchev–Trinajstić information content (AvgIpc) is 2.71. The highest BCUT2D eigenvalue weighted by atomic mass is 16.6. The number of nitrogens with one attached hydrogen (secondary N) is 1. The summed E-state index contributed by atoms with van der Waals surface area (Å²) in [5.74, 6) is 0.520. The monoisotopic (exact) mass is 384 g/mol. The normalized spacial score (nSPS) is 15.4. The number of rotatable bonds is 6. The van der Waals surface area contributed by atoms with E-state index in [0.717, 1.165) is 18.0 Å². The van der Waals surface area contributed by atoms with Crippen LogP contribution < -0.4 is 15.0 Å². The van der Waals surface area contributed by atoms with Gasteiger partial charge in [0.2, 0.25) is 0 Å². The fraction of sp³-hybridized carbons (Fsp3) is 0.350. The molecular weight excluding hydrogens is 360 g/mol. The summed E-state index contributed by atoms with van der Waals surface area (Å²) in [7, 11) is 3.29. The van der Waals surface area contributed by atoms with Gasteiger partial charge in [-0.25, -0.2) is 0 Å². The van der Waals surface area contributed by atoms with E-state index in [-0.39, 0.29) is 23.3 Å². The second-order valence-corrected chi connectivity index (χ2v) is 6.67. The van der Waals surface area contributed by atoms with Crippen LogP contribution in [-0.4, -0.2) is 55.6 Å². The zero-order valence-electron chi connectivity index (χ0n) is 16.2. The number of likely N-dealkylation sites (N-methyl/N-ethyl adjacent to an activating group) is 2. The van der Waals surface area contributed by atoms with Crippen molar-refractivity contribution < 1.29 is 14.5 Å². The van der Waals surface area contributed by atoms with Crippen LogP contribution >= 0.6 is 0 Å². The molecule has 0 aliphatic carbocycles. The predicted octanol–water partition coefficient (Wildman–Crippen LogP) is 3.00. The lowest BCUT2D eigenvalue weighted by molar-refractivity contribution is -0.384. The van der Waals surface area contributed by atoms with Crippen molar-refractivity contribution in [2.75, 3.05) is 43.9 Å². The van der Waals surface area contributed by atoms with E-state index in [4.69, 9.17) is 4.74 Å². The van der Waals surface area contributed by atoms with Gasteiger partial charge in [-0.3, -0.25) is 14.9 Å². The van der Waals surface area contributed by atoms with Crippen LogP contribution in [0.1, 0.15) is 17.3 Å². The number of nitro benzene ring substituents is 1. The molecule has 0 unspecified atom stereocenters. The topological polar surface area (TPSA) is 88.0 Å². The average molecular weight is 384 g/mol. The number of carbonyl (C=O) groups excluding carboxylic acids is 1. The first-order valence-electron chi connectivity index (χ1n) is 9.16. The Morgan fingerprint density at radius 2 is 2.11 bits per heavy atom. The Hall–Kier alpha value is -3.29. The molecule has 3 rings (SSSR count). The number of hydrogen-bond acceptors (Lipinski definition) is 6. The predicted molar refractivity (Wildman–Crippen MR) is 108 cm³/mol. The molecule has 0 spiro atoms. The Morgan fingerprint density at radius 1 is 1.36 bits per heavy atom. The van der Waals surface area contributed by atoms with Crippen molar-refractivity contribution in [3.05, 3.63) is 58.1 Å². The first-order chi connectivity index (χ1) is 13.4. The standard InChI is InChI=1S/C20H24N4O4/c1-4-23-13-15(28-19-8-6-5-7-17(19)23)12-22(3)20(25)14-9-10-16(21-2)18(11-14)24(26)27/h5-11,15,21H,4,12-13H2,1-3H3/t15-/m0/s1. The third-order valence-electron chi connectivity index (χ3n) is 4.84. The summed E-state index contributed by atoms with van der Waals surface area (Å²) >= 11 is 0. The molecule has 1 amide bonds. The van der Waals surface area contributed by atoms with Crippen LogP contribution in [0.5, 0.6) is 5.75 Å². The van der Waals surface area contributed by atoms with Crippen LogP contribution in [0.4, 0.5) is 17.1 Å². The molecule has 1 aliphatic rings. The van der Waals surface area contributed by atoms with Gasteiger partial charge < -0.3 is 19.9 Å². The number of amides is 1. The van der Waals surface area contributed by atoms with E-state index in [1.807, 2.05) is 24.3 Å². The zero-order chi connectivity index (χ0) is 20.3. The van der Waals surface area contributed by atoms with Crippen LogP contribution in [0.15, 0.2) is 42.5 Å². The van der Waals surface area contributed by atoms with E-state index in [0.29, 0.717) is 18.8 Å². The molecule has 0 bridgehead atoms. The lowest BCUT2D eigenvalue weighted by Gasteiger charge is -2.37. The SMILES string of the molecule is CCN1C[C@H](CN(C)C(=O)c2ccc(NC)c([N+](=O)[O-])c2)Oc2ccccc21. The van der Waals surface area contributed by atoms with Gasteiger partial charge in [0.15, 0.2) is 0 Å². The first-order valence-corrected chi connectivity index (χ1v) is 9.16. The van der Waals surface area contributed by atoms with E-state index in [9.17, 15) is 14.9 Å². The molecule has 0 radical (unpaired) electrons. The van der Waals surface area contributed by atoms with Crippen LogP contribution in [0.25, 0.3) is 0 Å². The molecule has 1 atom stereocenters. The third kappa shape index (κ3) is 3.85. The van der Waals surface area contributed by atoms with Crippen molar-refractivity contribution in [2.24, 2.45) is 0 Å². The molecule has 2 aromatic carbocycles. The molecule has 0 saturated carbocycles. The summed E-state index contributed by atoms with van der Waals surface area (Å²) < 4.78 is 6.07. The smallest absolute Gasteiger partial charge is 0.293 e. The molecule has 1 N–H and O–H groups in total. The summed E-state index contributed by atoms with van der Waals surface area (Å²) in [4.78, 5) is 27.3. The minimum Gasteiger partial charge on any atom is -0.485 e. The Morgan fingerprint density at radius 3 is 2.79 bits per heavy atom. The molecule has 1 heterocycles. The molecule has 8 heteroatoms. The number of hydrogen-bond donors (Lipinski definition) is 1. The van der Waals surface area contributed by atoms with Crippen molar-refractivity contribution in [2.45, 2.75) is 13.0 Å². The van der Waals surface area contributed by atoms with Gasteiger partial charge in [-0.1, -0.05) is 12.1 Å². The molecule has 0 aromatic heterocycles. The number of fused-ring (bicyclic) bond motifs is 1. The maximum Gasteiger partial charge on any atom is 0.293 e. The largest absolute Gasteiger partial charge is 0.485 e. The first kappa shape index (κ1) is 19.5. The van der Waals surface area contributed by atoms with E-state index in [1.165, 1.54) is 6.07 Å². The van der Waals surface area contributed by atoms with Gasteiger partial charge in [-0.05, 0) is 31.2 Å². The van der Waals surface area contributed by atoms with Crippen molar-refractivity contribution in [3.63, 3.8) is 0 Å². The Balaban J connectivity index is 1.75. The number of para-hydroxylation sites is 2. The minimum absolute atomic E-state index is 0.123. The highest BCUT2D eigenvalue weighted by Crippen LogP contribution is 2.33. The van der Waals surface area contributed by atoms with E-state index >= 15 is 0 Å². The minimum atomic E-state index is -0.497. The van der Waals surface area contributed by atoms with E-state index < -0.39 is 4.92 Å². The van der Waals surface area contributed by atoms with Gasteiger partial charge in [-0.2, -0.15) is 0 Å². The van der Waals surface area contributed by atoms with Gasteiger partial charge in [0.25, 0.3) is 11.6 Å². The Kier molecular flexibility index (Phi) is 5.67. The fourth-order valence-electron chi connectivity index (χ4n) is 3.41. The number of anilines is 2. The molecule has 8 nitrogen and oxygen atoms in total. The molecular formula is C20H24N4O4. The third-order valence-corrected chi connectivity index (χ3v) is 4.84. The summed E-state index contributed by atoms with van der Waals surface area (Å²) in [5, 5.41) is 14.0. The molecule has 2 aromatic rings. The fourth-order valence-corrected chi connectivity index (χ4v) is 3.41. The summed E-state index contributed by atoms with van der Waals surface area (Å²) in [6.07, 6.45) is -0.185. The van der Waals surface area contributed by atoms with E-state index in [1.54, 1.807) is 31.1 Å². The van der Waals surface area contributed by atoms with Crippen molar-refractivity contribution >= 4 is 23.0 Å². The highest BCUT2D eigenvalue weighted by molar-refractivity contribution is 5.95. The van der Waals surface area contributed by atoms with Crippen LogP contribution in [-0.2, 0) is 0 Å². The summed E-state index contributed by atoms with van der Waals surface area (Å²) in [6, 6.07) is 12.3. The molecule has 0 saturated heterocycles.